The lowest BCUT2D eigenvalue weighted by Crippen LogP contribution is -2.04. The Morgan fingerprint density at radius 1 is 0.900 bits per heavy atom. The molecule has 0 aliphatic carbocycles. The Balaban J connectivity index is 1.87. The number of aromatic nitrogens is 2. The monoisotopic (exact) mass is 262 g/mol. The van der Waals surface area contributed by atoms with Gasteiger partial charge in [-0.05, 0) is 30.0 Å². The standard InChI is InChI=1S/C18H18N2/c1-15-19-11-12-20(15)14-18-10-6-5-9-17(18)13-16-7-3-2-4-8-16/h2-12H,13-14H2,1H3. The minimum Gasteiger partial charge on any atom is -0.331 e. The maximum absolute atomic E-state index is 4.29. The molecular formula is C18H18N2. The van der Waals surface area contributed by atoms with E-state index in [4.69, 9.17) is 0 Å². The van der Waals surface area contributed by atoms with Gasteiger partial charge in [-0.2, -0.15) is 0 Å². The summed E-state index contributed by atoms with van der Waals surface area (Å²) >= 11 is 0. The van der Waals surface area contributed by atoms with E-state index in [2.05, 4.69) is 64.1 Å². The summed E-state index contributed by atoms with van der Waals surface area (Å²) in [4.78, 5) is 4.29. The van der Waals surface area contributed by atoms with Crippen LogP contribution in [0.1, 0.15) is 22.5 Å². The van der Waals surface area contributed by atoms with Gasteiger partial charge in [-0.3, -0.25) is 0 Å². The lowest BCUT2D eigenvalue weighted by Gasteiger charge is -2.11. The van der Waals surface area contributed by atoms with Crippen molar-refractivity contribution in [2.75, 3.05) is 0 Å². The molecule has 0 bridgehead atoms. The van der Waals surface area contributed by atoms with Crippen LogP contribution in [-0.4, -0.2) is 9.55 Å². The molecular weight excluding hydrogens is 244 g/mol. The summed E-state index contributed by atoms with van der Waals surface area (Å²) in [6.07, 6.45) is 4.87. The highest BCUT2D eigenvalue weighted by atomic mass is 15.0. The number of nitrogens with zero attached hydrogens (tertiary/aromatic N) is 2. The molecule has 2 aromatic carbocycles. The van der Waals surface area contributed by atoms with E-state index in [-0.39, 0.29) is 0 Å². The normalized spacial score (nSPS) is 10.7. The second kappa shape index (κ2) is 5.74. The molecule has 0 fully saturated rings. The zero-order valence-corrected chi connectivity index (χ0v) is 11.7. The molecule has 0 atom stereocenters. The highest BCUT2D eigenvalue weighted by Crippen LogP contribution is 2.16. The van der Waals surface area contributed by atoms with Crippen LogP contribution < -0.4 is 0 Å². The Morgan fingerprint density at radius 2 is 1.60 bits per heavy atom. The van der Waals surface area contributed by atoms with Crippen molar-refractivity contribution in [3.8, 4) is 0 Å². The van der Waals surface area contributed by atoms with E-state index in [0.717, 1.165) is 18.8 Å². The van der Waals surface area contributed by atoms with Crippen molar-refractivity contribution >= 4 is 0 Å². The molecule has 2 nitrogen and oxygen atoms in total. The summed E-state index contributed by atoms with van der Waals surface area (Å²) in [5.74, 6) is 1.06. The van der Waals surface area contributed by atoms with Gasteiger partial charge < -0.3 is 4.57 Å². The van der Waals surface area contributed by atoms with E-state index in [9.17, 15) is 0 Å². The first-order valence-electron chi connectivity index (χ1n) is 6.91. The number of hydrogen-bond donors (Lipinski definition) is 0. The van der Waals surface area contributed by atoms with Gasteiger partial charge in [0.1, 0.15) is 5.82 Å². The number of hydrogen-bond acceptors (Lipinski definition) is 1. The molecule has 3 aromatic rings. The Kier molecular flexibility index (Phi) is 3.64. The molecule has 3 rings (SSSR count). The van der Waals surface area contributed by atoms with Gasteiger partial charge in [-0.1, -0.05) is 54.6 Å². The van der Waals surface area contributed by atoms with Crippen molar-refractivity contribution in [1.82, 2.24) is 9.55 Å². The van der Waals surface area contributed by atoms with E-state index in [1.165, 1.54) is 16.7 Å². The molecule has 20 heavy (non-hydrogen) atoms. The lowest BCUT2D eigenvalue weighted by molar-refractivity contribution is 0.755. The fourth-order valence-electron chi connectivity index (χ4n) is 2.45. The van der Waals surface area contributed by atoms with Crippen LogP contribution in [0.2, 0.25) is 0 Å². The Morgan fingerprint density at radius 3 is 2.30 bits per heavy atom. The second-order valence-corrected chi connectivity index (χ2v) is 5.03. The Labute approximate surface area is 119 Å². The molecule has 0 saturated heterocycles. The van der Waals surface area contributed by atoms with E-state index in [0.29, 0.717) is 0 Å². The first kappa shape index (κ1) is 12.7. The van der Waals surface area contributed by atoms with Crippen LogP contribution in [0.3, 0.4) is 0 Å². The fourth-order valence-corrected chi connectivity index (χ4v) is 2.45. The van der Waals surface area contributed by atoms with Gasteiger partial charge in [-0.15, -0.1) is 0 Å². The van der Waals surface area contributed by atoms with Crippen molar-refractivity contribution in [3.05, 3.63) is 89.5 Å². The van der Waals surface area contributed by atoms with Gasteiger partial charge in [0.2, 0.25) is 0 Å². The molecule has 1 aromatic heterocycles. The average Bonchev–Trinajstić information content (AvgIpc) is 2.88. The first-order chi connectivity index (χ1) is 9.83. The predicted octanol–water partition coefficient (Wildman–Crippen LogP) is 3.83. The molecule has 1 heterocycles. The predicted molar refractivity (Wildman–Crippen MR) is 81.8 cm³/mol. The molecule has 0 saturated carbocycles. The van der Waals surface area contributed by atoms with Crippen LogP contribution in [0.15, 0.2) is 67.0 Å². The largest absolute Gasteiger partial charge is 0.331 e. The summed E-state index contributed by atoms with van der Waals surface area (Å²) in [5, 5.41) is 0. The van der Waals surface area contributed by atoms with Crippen LogP contribution in [0.5, 0.6) is 0 Å². The Bertz CT molecular complexity index is 683. The third-order valence-corrected chi connectivity index (χ3v) is 3.62. The molecule has 0 unspecified atom stereocenters. The van der Waals surface area contributed by atoms with Crippen LogP contribution in [0.25, 0.3) is 0 Å². The molecule has 0 spiro atoms. The zero-order chi connectivity index (χ0) is 13.8. The molecule has 2 heteroatoms. The third-order valence-electron chi connectivity index (χ3n) is 3.62. The van der Waals surface area contributed by atoms with E-state index >= 15 is 0 Å². The summed E-state index contributed by atoms with van der Waals surface area (Å²) in [6.45, 7) is 2.93. The zero-order valence-electron chi connectivity index (χ0n) is 11.7. The summed E-state index contributed by atoms with van der Waals surface area (Å²) in [7, 11) is 0. The van der Waals surface area contributed by atoms with Crippen molar-refractivity contribution in [3.63, 3.8) is 0 Å². The van der Waals surface area contributed by atoms with Crippen LogP contribution in [0.4, 0.5) is 0 Å². The van der Waals surface area contributed by atoms with Crippen LogP contribution in [-0.2, 0) is 13.0 Å². The van der Waals surface area contributed by atoms with Crippen molar-refractivity contribution in [1.29, 1.82) is 0 Å². The van der Waals surface area contributed by atoms with E-state index < -0.39 is 0 Å². The highest BCUT2D eigenvalue weighted by Gasteiger charge is 2.05. The van der Waals surface area contributed by atoms with Gasteiger partial charge in [0.05, 0.1) is 0 Å². The smallest absolute Gasteiger partial charge is 0.105 e. The topological polar surface area (TPSA) is 17.8 Å². The number of imidazole rings is 1. The fraction of sp³-hybridized carbons (Fsp3) is 0.167. The van der Waals surface area contributed by atoms with Crippen molar-refractivity contribution in [2.45, 2.75) is 19.9 Å². The van der Waals surface area contributed by atoms with Gasteiger partial charge >= 0.3 is 0 Å². The van der Waals surface area contributed by atoms with E-state index in [1.54, 1.807) is 0 Å². The third kappa shape index (κ3) is 2.80. The molecule has 0 N–H and O–H groups in total. The van der Waals surface area contributed by atoms with Crippen molar-refractivity contribution < 1.29 is 0 Å². The molecule has 0 aliphatic rings. The molecule has 100 valence electrons. The van der Waals surface area contributed by atoms with Gasteiger partial charge in [-0.25, -0.2) is 4.98 Å². The molecule has 0 aliphatic heterocycles. The van der Waals surface area contributed by atoms with Gasteiger partial charge in [0.25, 0.3) is 0 Å². The van der Waals surface area contributed by atoms with Gasteiger partial charge in [0, 0.05) is 18.9 Å². The minimum atomic E-state index is 0.884. The average molecular weight is 262 g/mol. The number of rotatable bonds is 4. The Hall–Kier alpha value is -2.35. The number of benzene rings is 2. The van der Waals surface area contributed by atoms with Crippen molar-refractivity contribution in [2.24, 2.45) is 0 Å². The summed E-state index contributed by atoms with van der Waals surface area (Å²) < 4.78 is 2.18. The summed E-state index contributed by atoms with van der Waals surface area (Å²) in [6, 6.07) is 19.3. The lowest BCUT2D eigenvalue weighted by atomic mass is 10.00. The maximum atomic E-state index is 4.29. The SMILES string of the molecule is Cc1nccn1Cc1ccccc1Cc1ccccc1. The minimum absolute atomic E-state index is 0.884. The maximum Gasteiger partial charge on any atom is 0.105 e. The van der Waals surface area contributed by atoms with Gasteiger partial charge in [0.15, 0.2) is 0 Å². The number of aryl methyl sites for hydroxylation is 1. The van der Waals surface area contributed by atoms with Crippen LogP contribution in [0, 0.1) is 6.92 Å². The second-order valence-electron chi connectivity index (χ2n) is 5.03. The van der Waals surface area contributed by atoms with E-state index in [1.807, 2.05) is 19.3 Å². The summed E-state index contributed by atoms with van der Waals surface area (Å²) in [5.41, 5.74) is 4.09. The molecule has 0 amide bonds. The van der Waals surface area contributed by atoms with Crippen LogP contribution >= 0.6 is 0 Å². The quantitative estimate of drug-likeness (QED) is 0.698. The molecule has 0 radical (unpaired) electrons. The highest BCUT2D eigenvalue weighted by molar-refractivity contribution is 5.33. The first-order valence-corrected chi connectivity index (χ1v) is 6.91.